The van der Waals surface area contributed by atoms with Gasteiger partial charge in [0.25, 0.3) is 0 Å². The van der Waals surface area contributed by atoms with Gasteiger partial charge in [-0.25, -0.2) is 0 Å². The Kier molecular flexibility index (Phi) is 5.55. The van der Waals surface area contributed by atoms with E-state index in [1.807, 2.05) is 23.9 Å². The lowest BCUT2D eigenvalue weighted by Gasteiger charge is -2.13. The van der Waals surface area contributed by atoms with Gasteiger partial charge in [0.15, 0.2) is 0 Å². The molecule has 0 aliphatic carbocycles. The molecular weight excluding hydrogens is 254 g/mol. The number of furan rings is 1. The predicted molar refractivity (Wildman–Crippen MR) is 82.4 cm³/mol. The minimum Gasteiger partial charge on any atom is -0.468 e. The predicted octanol–water partition coefficient (Wildman–Crippen LogP) is 4.00. The fraction of sp³-hybridized carbons (Fsp3) is 0.375. The first-order valence-corrected chi connectivity index (χ1v) is 7.70. The highest BCUT2D eigenvalue weighted by atomic mass is 32.2. The van der Waals surface area contributed by atoms with Crippen LogP contribution < -0.4 is 5.32 Å². The third-order valence-corrected chi connectivity index (χ3v) is 4.31. The van der Waals surface area contributed by atoms with Crippen molar-refractivity contribution in [3.8, 4) is 0 Å². The van der Waals surface area contributed by atoms with Crippen molar-refractivity contribution in [2.24, 2.45) is 0 Å². The molecule has 102 valence electrons. The maximum Gasteiger partial charge on any atom is 0.117 e. The lowest BCUT2D eigenvalue weighted by Crippen LogP contribution is -2.22. The van der Waals surface area contributed by atoms with Crippen molar-refractivity contribution in [3.63, 3.8) is 0 Å². The molecule has 0 radical (unpaired) electrons. The van der Waals surface area contributed by atoms with Crippen LogP contribution in [0.25, 0.3) is 0 Å². The molecule has 3 heteroatoms. The normalized spacial score (nSPS) is 12.5. The van der Waals surface area contributed by atoms with Gasteiger partial charge in [-0.05, 0) is 30.2 Å². The number of nitrogens with one attached hydrogen (secondary N) is 1. The number of rotatable bonds is 7. The van der Waals surface area contributed by atoms with Crippen molar-refractivity contribution in [2.75, 3.05) is 6.54 Å². The van der Waals surface area contributed by atoms with E-state index in [-0.39, 0.29) is 0 Å². The second kappa shape index (κ2) is 7.41. The maximum absolute atomic E-state index is 5.29. The van der Waals surface area contributed by atoms with Gasteiger partial charge in [-0.3, -0.25) is 0 Å². The minimum atomic E-state index is 0.592. The van der Waals surface area contributed by atoms with Crippen molar-refractivity contribution in [3.05, 3.63) is 59.5 Å². The minimum absolute atomic E-state index is 0.592. The van der Waals surface area contributed by atoms with E-state index >= 15 is 0 Å². The summed E-state index contributed by atoms with van der Waals surface area (Å²) in [5.74, 6) is 2.08. The zero-order chi connectivity index (χ0) is 13.5. The average Bonchev–Trinajstić information content (AvgIpc) is 2.91. The Morgan fingerprint density at radius 3 is 2.79 bits per heavy atom. The Hall–Kier alpha value is -1.19. The zero-order valence-corrected chi connectivity index (χ0v) is 12.4. The van der Waals surface area contributed by atoms with Gasteiger partial charge in [-0.2, -0.15) is 11.8 Å². The van der Waals surface area contributed by atoms with Gasteiger partial charge < -0.3 is 9.73 Å². The highest BCUT2D eigenvalue weighted by Gasteiger charge is 2.05. The fourth-order valence-electron chi connectivity index (χ4n) is 1.87. The summed E-state index contributed by atoms with van der Waals surface area (Å²) in [5, 5.41) is 4.02. The molecule has 1 aromatic carbocycles. The number of aryl methyl sites for hydroxylation is 1. The quantitative estimate of drug-likeness (QED) is 0.827. The molecule has 19 heavy (non-hydrogen) atoms. The Labute approximate surface area is 119 Å². The Balaban J connectivity index is 1.67. The second-order valence-corrected chi connectivity index (χ2v) is 6.19. The van der Waals surface area contributed by atoms with Gasteiger partial charge in [0, 0.05) is 17.5 Å². The summed E-state index contributed by atoms with van der Waals surface area (Å²) in [6, 6.07) is 12.5. The number of thioether (sulfide) groups is 1. The maximum atomic E-state index is 5.29. The summed E-state index contributed by atoms with van der Waals surface area (Å²) in [6.45, 7) is 6.24. The molecule has 0 saturated heterocycles. The van der Waals surface area contributed by atoms with Crippen LogP contribution in [0.4, 0.5) is 0 Å². The van der Waals surface area contributed by atoms with Crippen molar-refractivity contribution in [1.82, 2.24) is 5.32 Å². The van der Waals surface area contributed by atoms with E-state index in [1.54, 1.807) is 6.26 Å². The largest absolute Gasteiger partial charge is 0.468 e. The first kappa shape index (κ1) is 14.2. The fourth-order valence-corrected chi connectivity index (χ4v) is 2.90. The van der Waals surface area contributed by atoms with Gasteiger partial charge in [-0.15, -0.1) is 0 Å². The van der Waals surface area contributed by atoms with Crippen LogP contribution >= 0.6 is 11.8 Å². The van der Waals surface area contributed by atoms with Crippen LogP contribution in [0, 0.1) is 6.92 Å². The molecule has 0 bridgehead atoms. The summed E-state index contributed by atoms with van der Waals surface area (Å²) < 4.78 is 5.29. The van der Waals surface area contributed by atoms with Crippen LogP contribution in [0.2, 0.25) is 0 Å². The van der Waals surface area contributed by atoms with Gasteiger partial charge in [0.1, 0.15) is 5.76 Å². The third-order valence-electron chi connectivity index (χ3n) is 3.10. The standard InChI is InChI=1S/C16H21NOS/c1-13-6-3-4-7-15(13)12-19-14(2)10-17-11-16-8-5-9-18-16/h3-9,14,17H,10-12H2,1-2H3. The molecule has 1 heterocycles. The summed E-state index contributed by atoms with van der Waals surface area (Å²) in [7, 11) is 0. The van der Waals surface area contributed by atoms with E-state index in [0.29, 0.717) is 5.25 Å². The van der Waals surface area contributed by atoms with Crippen LogP contribution in [0.3, 0.4) is 0 Å². The first-order chi connectivity index (χ1) is 9.25. The van der Waals surface area contributed by atoms with Crippen molar-refractivity contribution in [1.29, 1.82) is 0 Å². The highest BCUT2D eigenvalue weighted by molar-refractivity contribution is 7.99. The second-order valence-electron chi connectivity index (χ2n) is 4.76. The Morgan fingerprint density at radius 2 is 2.05 bits per heavy atom. The van der Waals surface area contributed by atoms with E-state index < -0.39 is 0 Å². The molecule has 1 unspecified atom stereocenters. The van der Waals surface area contributed by atoms with Crippen LogP contribution in [0.5, 0.6) is 0 Å². The lowest BCUT2D eigenvalue weighted by atomic mass is 10.1. The molecule has 0 aliphatic heterocycles. The SMILES string of the molecule is Cc1ccccc1CSC(C)CNCc1ccco1. The van der Waals surface area contributed by atoms with Crippen LogP contribution in [0.1, 0.15) is 23.8 Å². The van der Waals surface area contributed by atoms with Gasteiger partial charge >= 0.3 is 0 Å². The van der Waals surface area contributed by atoms with Gasteiger partial charge in [0.2, 0.25) is 0 Å². The van der Waals surface area contributed by atoms with E-state index in [4.69, 9.17) is 4.42 Å². The zero-order valence-electron chi connectivity index (χ0n) is 11.6. The van der Waals surface area contributed by atoms with Gasteiger partial charge in [0.05, 0.1) is 12.8 Å². The summed E-state index contributed by atoms with van der Waals surface area (Å²) in [5.41, 5.74) is 2.82. The number of benzene rings is 1. The van der Waals surface area contributed by atoms with Crippen LogP contribution in [0.15, 0.2) is 47.1 Å². The highest BCUT2D eigenvalue weighted by Crippen LogP contribution is 2.19. The molecule has 0 saturated carbocycles. The molecule has 1 atom stereocenters. The molecule has 2 nitrogen and oxygen atoms in total. The van der Waals surface area contributed by atoms with Crippen LogP contribution in [-0.2, 0) is 12.3 Å². The topological polar surface area (TPSA) is 25.2 Å². The van der Waals surface area contributed by atoms with E-state index in [0.717, 1.165) is 24.6 Å². The van der Waals surface area contributed by atoms with Crippen molar-refractivity contribution in [2.45, 2.75) is 31.4 Å². The molecule has 0 amide bonds. The first-order valence-electron chi connectivity index (χ1n) is 6.65. The number of hydrogen-bond acceptors (Lipinski definition) is 3. The summed E-state index contributed by atoms with van der Waals surface area (Å²) in [4.78, 5) is 0. The third kappa shape index (κ3) is 4.77. The van der Waals surface area contributed by atoms with Crippen molar-refractivity contribution >= 4 is 11.8 Å². The molecule has 1 N–H and O–H groups in total. The summed E-state index contributed by atoms with van der Waals surface area (Å²) in [6.07, 6.45) is 1.72. The van der Waals surface area contributed by atoms with E-state index in [9.17, 15) is 0 Å². The molecule has 2 aromatic rings. The van der Waals surface area contributed by atoms with Gasteiger partial charge in [-0.1, -0.05) is 31.2 Å². The molecule has 2 rings (SSSR count). The Morgan fingerprint density at radius 1 is 1.21 bits per heavy atom. The monoisotopic (exact) mass is 275 g/mol. The summed E-state index contributed by atoms with van der Waals surface area (Å²) >= 11 is 1.99. The molecular formula is C16H21NOS. The average molecular weight is 275 g/mol. The molecule has 0 spiro atoms. The molecule has 0 fully saturated rings. The molecule has 0 aliphatic rings. The van der Waals surface area contributed by atoms with Crippen LogP contribution in [-0.4, -0.2) is 11.8 Å². The molecule has 1 aromatic heterocycles. The van der Waals surface area contributed by atoms with E-state index in [2.05, 4.69) is 43.4 Å². The lowest BCUT2D eigenvalue weighted by molar-refractivity contribution is 0.484. The smallest absolute Gasteiger partial charge is 0.117 e. The number of hydrogen-bond donors (Lipinski definition) is 1. The Bertz CT molecular complexity index is 481. The van der Waals surface area contributed by atoms with E-state index in [1.165, 1.54) is 11.1 Å². The van der Waals surface area contributed by atoms with Crippen molar-refractivity contribution < 1.29 is 4.42 Å².